The summed E-state index contributed by atoms with van der Waals surface area (Å²) in [4.78, 5) is 13.7. The first-order valence-electron chi connectivity index (χ1n) is 22.6. The summed E-state index contributed by atoms with van der Waals surface area (Å²) in [5.41, 5.74) is 14.2. The number of benzene rings is 6. The number of hydrogen-bond donors (Lipinski definition) is 0. The Morgan fingerprint density at radius 2 is 1.37 bits per heavy atom. The number of aryl methyl sites for hydroxylation is 2. The van der Waals surface area contributed by atoms with E-state index in [2.05, 4.69) is 154 Å². The molecule has 67 heavy (non-hydrogen) atoms. The van der Waals surface area contributed by atoms with Crippen LogP contribution < -0.4 is 14.5 Å². The van der Waals surface area contributed by atoms with Crippen LogP contribution in [0.15, 0.2) is 134 Å². The van der Waals surface area contributed by atoms with E-state index in [-0.39, 0.29) is 38.8 Å². The third kappa shape index (κ3) is 8.31. The number of aromatic nitrogens is 3. The molecule has 0 atom stereocenters. The average molecular weight is 1070 g/mol. The van der Waals surface area contributed by atoms with Gasteiger partial charge in [0.1, 0.15) is 17.5 Å². The van der Waals surface area contributed by atoms with Gasteiger partial charge in [-0.25, -0.2) is 13.8 Å². The number of rotatable bonds is 10. The zero-order valence-electron chi connectivity index (χ0n) is 38.7. The predicted molar refractivity (Wildman–Crippen MR) is 265 cm³/mol. The number of fused-ring (bicyclic) bond motifs is 4. The Morgan fingerprint density at radius 1 is 0.642 bits per heavy atom. The van der Waals surface area contributed by atoms with Crippen LogP contribution in [0.1, 0.15) is 87.1 Å². The van der Waals surface area contributed by atoms with E-state index in [1.54, 1.807) is 6.20 Å². The number of hydrogen-bond acceptors (Lipinski definition) is 5. The molecule has 1 aliphatic rings. The molecule has 3 aromatic heterocycles. The van der Waals surface area contributed by atoms with Crippen LogP contribution in [0.3, 0.4) is 0 Å². The molecule has 0 aliphatic carbocycles. The Hall–Kier alpha value is -6.63. The molecule has 6 nitrogen and oxygen atoms in total. The van der Waals surface area contributed by atoms with E-state index in [0.717, 1.165) is 95.4 Å². The Labute approximate surface area is 406 Å². The van der Waals surface area contributed by atoms with E-state index in [9.17, 15) is 4.39 Å². The molecule has 340 valence electrons. The number of pyridine rings is 2. The molecular weight excluding hydrogens is 1020 g/mol. The zero-order chi connectivity index (χ0) is 46.0. The molecular formula is C58H50F2N5OPt-3. The minimum Gasteiger partial charge on any atom is -0.509 e. The van der Waals surface area contributed by atoms with Crippen LogP contribution in [0.2, 0.25) is 0 Å². The topological polar surface area (TPSA) is 46.4 Å². The van der Waals surface area contributed by atoms with Crippen LogP contribution in [0.25, 0.3) is 49.9 Å². The average Bonchev–Trinajstić information content (AvgIpc) is 3.84. The summed E-state index contributed by atoms with van der Waals surface area (Å²) < 4.78 is 38.6. The van der Waals surface area contributed by atoms with Crippen molar-refractivity contribution in [1.82, 2.24) is 14.5 Å². The van der Waals surface area contributed by atoms with Crippen molar-refractivity contribution < 1.29 is 34.6 Å². The first-order chi connectivity index (χ1) is 31.8. The Balaban J connectivity index is 0.00000562. The summed E-state index contributed by atoms with van der Waals surface area (Å²) in [6.45, 7) is 19.4. The Bertz CT molecular complexity index is 3280. The van der Waals surface area contributed by atoms with Crippen LogP contribution in [-0.4, -0.2) is 14.5 Å². The Kier molecular flexibility index (Phi) is 12.4. The molecule has 4 heterocycles. The van der Waals surface area contributed by atoms with E-state index in [4.69, 9.17) is 9.72 Å². The maximum atomic E-state index is 15.4. The summed E-state index contributed by atoms with van der Waals surface area (Å²) in [6.07, 6.45) is 5.59. The van der Waals surface area contributed by atoms with Gasteiger partial charge in [0, 0.05) is 85.4 Å². The van der Waals surface area contributed by atoms with Gasteiger partial charge in [0.15, 0.2) is 0 Å². The molecule has 0 fully saturated rings. The second-order valence-electron chi connectivity index (χ2n) is 18.2. The van der Waals surface area contributed by atoms with Gasteiger partial charge in [-0.15, -0.1) is 53.6 Å². The molecule has 1 aliphatic heterocycles. The number of halogens is 2. The Morgan fingerprint density at radius 3 is 2.06 bits per heavy atom. The minimum absolute atomic E-state index is 0. The molecule has 9 aromatic rings. The fourth-order valence-electron chi connectivity index (χ4n) is 9.41. The van der Waals surface area contributed by atoms with Crippen molar-refractivity contribution >= 4 is 44.6 Å². The first-order valence-corrected chi connectivity index (χ1v) is 22.6. The van der Waals surface area contributed by atoms with Gasteiger partial charge in [0.25, 0.3) is 0 Å². The van der Waals surface area contributed by atoms with Gasteiger partial charge in [-0.05, 0) is 131 Å². The van der Waals surface area contributed by atoms with Crippen LogP contribution in [0.5, 0.6) is 11.5 Å². The smallest absolute Gasteiger partial charge is 0.135 e. The van der Waals surface area contributed by atoms with Crippen molar-refractivity contribution in [3.05, 3.63) is 192 Å². The molecule has 0 N–H and O–H groups in total. The second kappa shape index (κ2) is 18.2. The van der Waals surface area contributed by atoms with Gasteiger partial charge in [0.05, 0.1) is 0 Å². The van der Waals surface area contributed by atoms with Crippen molar-refractivity contribution in [1.29, 1.82) is 0 Å². The van der Waals surface area contributed by atoms with Crippen molar-refractivity contribution in [2.45, 2.75) is 73.1 Å². The summed E-state index contributed by atoms with van der Waals surface area (Å²) in [5.74, 6) is 1.09. The van der Waals surface area contributed by atoms with Crippen molar-refractivity contribution in [3.8, 4) is 39.6 Å². The number of para-hydroxylation sites is 1. The molecule has 0 unspecified atom stereocenters. The zero-order valence-corrected chi connectivity index (χ0v) is 41.0. The minimum atomic E-state index is -0.599. The molecule has 0 amide bonds. The molecule has 6 aromatic carbocycles. The molecule has 10 rings (SSSR count). The van der Waals surface area contributed by atoms with Gasteiger partial charge in [-0.1, -0.05) is 77.4 Å². The monoisotopic (exact) mass is 1070 g/mol. The predicted octanol–water partition coefficient (Wildman–Crippen LogP) is 16.0. The van der Waals surface area contributed by atoms with E-state index in [1.165, 1.54) is 17.7 Å². The molecule has 0 bridgehead atoms. The number of nitrogens with zero attached hydrogens (tertiary/aromatic N) is 5. The van der Waals surface area contributed by atoms with Gasteiger partial charge in [-0.2, -0.15) is 6.07 Å². The number of anilines is 4. The third-order valence-corrected chi connectivity index (χ3v) is 12.7. The van der Waals surface area contributed by atoms with E-state index < -0.39 is 11.6 Å². The summed E-state index contributed by atoms with van der Waals surface area (Å²) in [5, 5.41) is 2.15. The van der Waals surface area contributed by atoms with Crippen molar-refractivity contribution in [3.63, 3.8) is 0 Å². The maximum Gasteiger partial charge on any atom is 0.135 e. The number of ether oxygens (including phenoxy) is 1. The van der Waals surface area contributed by atoms with E-state index >= 15 is 4.39 Å². The van der Waals surface area contributed by atoms with Crippen LogP contribution in [0.4, 0.5) is 31.5 Å². The second-order valence-corrected chi connectivity index (χ2v) is 18.2. The van der Waals surface area contributed by atoms with Crippen LogP contribution >= 0.6 is 0 Å². The molecule has 9 heteroatoms. The largest absolute Gasteiger partial charge is 0.509 e. The van der Waals surface area contributed by atoms with Crippen molar-refractivity contribution in [2.75, 3.05) is 9.80 Å². The summed E-state index contributed by atoms with van der Waals surface area (Å²) >= 11 is 0. The van der Waals surface area contributed by atoms with E-state index in [1.807, 2.05) is 48.8 Å². The molecule has 0 spiro atoms. The quantitative estimate of drug-likeness (QED) is 0.128. The third-order valence-electron chi connectivity index (χ3n) is 12.7. The first kappa shape index (κ1) is 45.5. The SMILES string of the molecule is Cc1cncc(C)c1-c1cc(Oc2[c-]c3c(cc2)c2ccccc2n3-c2ccccn2)[c-]c(N2[CH-]N(c3c(C(C)C)cc(-c4ccc(F)cc4F)cc3C(C)C)c3cc(C(C)C)ccc32)c1.[Pt]. The molecule has 0 saturated carbocycles. The van der Waals surface area contributed by atoms with Gasteiger partial charge in [0.2, 0.25) is 0 Å². The molecule has 0 saturated heterocycles. The summed E-state index contributed by atoms with van der Waals surface area (Å²) in [7, 11) is 0. The normalized spacial score (nSPS) is 12.5. The fraction of sp³-hybridized carbons (Fsp3) is 0.190. The standard InChI is InChI=1S/C58H50F2N5O.Pt/c1-34(2)39-16-21-53-55(27-39)64(58-49(35(3)4)25-40(26-50(58)36(5)6)46-19-17-42(59)28-51(46)60)33-63(53)43-23-41(57-37(7)31-61-32-38(57)8)24-45(29-43)66-44-18-20-48-47-13-9-10-14-52(47)65(54(48)30-44)56-15-11-12-22-62-56;/h9-28,31-36H,1-8H3;/q-3;. The van der Waals surface area contributed by atoms with Crippen molar-refractivity contribution in [2.24, 2.45) is 0 Å². The molecule has 0 radical (unpaired) electrons. The van der Waals surface area contributed by atoms with Crippen LogP contribution in [-0.2, 0) is 21.1 Å². The summed E-state index contributed by atoms with van der Waals surface area (Å²) in [6, 6.07) is 44.4. The van der Waals surface area contributed by atoms with Crippen LogP contribution in [0, 0.1) is 44.3 Å². The maximum absolute atomic E-state index is 15.4. The van der Waals surface area contributed by atoms with Gasteiger partial charge < -0.3 is 19.1 Å². The van der Waals surface area contributed by atoms with E-state index in [0.29, 0.717) is 17.1 Å². The fourth-order valence-corrected chi connectivity index (χ4v) is 9.41. The van der Waals surface area contributed by atoms with Gasteiger partial charge in [-0.3, -0.25) is 4.98 Å². The van der Waals surface area contributed by atoms with Gasteiger partial charge >= 0.3 is 0 Å².